The maximum atomic E-state index is 10.8. The minimum atomic E-state index is -0.374. The van der Waals surface area contributed by atoms with Crippen LogP contribution in [0.2, 0.25) is 10.0 Å². The molecule has 1 saturated carbocycles. The van der Waals surface area contributed by atoms with Crippen molar-refractivity contribution in [3.63, 3.8) is 0 Å². The van der Waals surface area contributed by atoms with E-state index in [-0.39, 0.29) is 23.9 Å². The van der Waals surface area contributed by atoms with Gasteiger partial charge in [0.2, 0.25) is 0 Å². The van der Waals surface area contributed by atoms with E-state index in [0.29, 0.717) is 16.6 Å². The highest BCUT2D eigenvalue weighted by molar-refractivity contribution is 6.42. The standard InChI is InChI=1S/C16H21Cl2NO2.ClH/c17-13-3-2-12(10-14(13)18)16(4-1-5-16)15(20)11-19-6-8-21-9-7-19;/h2-3,10,15,20H,1,4-9,11H2;1H. The number of morpholine rings is 1. The molecule has 1 aliphatic heterocycles. The third-order valence-electron chi connectivity index (χ3n) is 4.91. The van der Waals surface area contributed by atoms with Crippen LogP contribution in [0.4, 0.5) is 0 Å². The van der Waals surface area contributed by atoms with E-state index in [0.717, 1.165) is 51.1 Å². The molecule has 6 heteroatoms. The van der Waals surface area contributed by atoms with Crippen LogP contribution in [0.3, 0.4) is 0 Å². The largest absolute Gasteiger partial charge is 0.391 e. The summed E-state index contributed by atoms with van der Waals surface area (Å²) in [6.45, 7) is 4.01. The number of benzene rings is 1. The topological polar surface area (TPSA) is 32.7 Å². The molecule has 2 fully saturated rings. The van der Waals surface area contributed by atoms with Crippen LogP contribution in [0.1, 0.15) is 24.8 Å². The van der Waals surface area contributed by atoms with Crippen LogP contribution >= 0.6 is 35.6 Å². The number of β-amino-alcohol motifs (C(OH)–C–C–N with tert-alkyl or cyclic N) is 1. The van der Waals surface area contributed by atoms with Gasteiger partial charge in [-0.2, -0.15) is 0 Å². The van der Waals surface area contributed by atoms with Gasteiger partial charge in [0.15, 0.2) is 0 Å². The molecule has 3 rings (SSSR count). The number of hydrogen-bond acceptors (Lipinski definition) is 3. The molecule has 0 radical (unpaired) electrons. The Morgan fingerprint density at radius 2 is 1.86 bits per heavy atom. The summed E-state index contributed by atoms with van der Waals surface area (Å²) >= 11 is 12.2. The molecule has 124 valence electrons. The fraction of sp³-hybridized carbons (Fsp3) is 0.625. The summed E-state index contributed by atoms with van der Waals surface area (Å²) < 4.78 is 5.37. The lowest BCUT2D eigenvalue weighted by molar-refractivity contribution is -0.0271. The molecule has 0 amide bonds. The van der Waals surface area contributed by atoms with E-state index in [1.54, 1.807) is 0 Å². The first kappa shape index (κ1) is 18.3. The number of rotatable bonds is 4. The second-order valence-electron chi connectivity index (χ2n) is 6.07. The lowest BCUT2D eigenvalue weighted by Gasteiger charge is -2.47. The molecule has 3 nitrogen and oxygen atoms in total. The summed E-state index contributed by atoms with van der Waals surface area (Å²) in [5.41, 5.74) is 0.955. The molecule has 1 saturated heterocycles. The zero-order valence-corrected chi connectivity index (χ0v) is 14.8. The molecule has 1 aliphatic carbocycles. The number of hydrogen-bond donors (Lipinski definition) is 1. The maximum Gasteiger partial charge on any atom is 0.0763 e. The molecule has 2 aliphatic rings. The quantitative estimate of drug-likeness (QED) is 0.885. The van der Waals surface area contributed by atoms with Crippen LogP contribution in [-0.4, -0.2) is 49.0 Å². The Labute approximate surface area is 147 Å². The second kappa shape index (κ2) is 7.69. The molecule has 0 spiro atoms. The zero-order chi connectivity index (χ0) is 14.9. The van der Waals surface area contributed by atoms with E-state index in [2.05, 4.69) is 4.90 Å². The van der Waals surface area contributed by atoms with Crippen LogP contribution in [0.5, 0.6) is 0 Å². The monoisotopic (exact) mass is 365 g/mol. The van der Waals surface area contributed by atoms with Crippen LogP contribution < -0.4 is 0 Å². The first-order chi connectivity index (χ1) is 10.1. The van der Waals surface area contributed by atoms with Crippen molar-refractivity contribution in [1.82, 2.24) is 4.90 Å². The number of nitrogens with zero attached hydrogens (tertiary/aromatic N) is 1. The van der Waals surface area contributed by atoms with E-state index in [1.165, 1.54) is 0 Å². The van der Waals surface area contributed by atoms with Gasteiger partial charge < -0.3 is 9.84 Å². The first-order valence-corrected chi connectivity index (χ1v) is 8.31. The molecular formula is C16H22Cl3NO2. The average molecular weight is 367 g/mol. The lowest BCUT2D eigenvalue weighted by Crippen LogP contribution is -2.52. The number of ether oxygens (including phenoxy) is 1. The Morgan fingerprint density at radius 3 is 2.41 bits per heavy atom. The van der Waals surface area contributed by atoms with E-state index in [1.807, 2.05) is 18.2 Å². The van der Waals surface area contributed by atoms with E-state index >= 15 is 0 Å². The number of aliphatic hydroxyl groups excluding tert-OH is 1. The van der Waals surface area contributed by atoms with Gasteiger partial charge in [0.25, 0.3) is 0 Å². The highest BCUT2D eigenvalue weighted by Crippen LogP contribution is 2.47. The van der Waals surface area contributed by atoms with Gasteiger partial charge in [-0.1, -0.05) is 35.7 Å². The third-order valence-corrected chi connectivity index (χ3v) is 5.65. The molecule has 0 bridgehead atoms. The minimum Gasteiger partial charge on any atom is -0.391 e. The first-order valence-electron chi connectivity index (χ1n) is 7.55. The Bertz CT molecular complexity index is 502. The Kier molecular flexibility index (Phi) is 6.40. The van der Waals surface area contributed by atoms with Crippen molar-refractivity contribution >= 4 is 35.6 Å². The molecule has 1 unspecified atom stereocenters. The van der Waals surface area contributed by atoms with Gasteiger partial charge in [-0.15, -0.1) is 12.4 Å². The van der Waals surface area contributed by atoms with Gasteiger partial charge >= 0.3 is 0 Å². The highest BCUT2D eigenvalue weighted by Gasteiger charge is 2.45. The van der Waals surface area contributed by atoms with Gasteiger partial charge in [-0.3, -0.25) is 4.90 Å². The summed E-state index contributed by atoms with van der Waals surface area (Å²) in [4.78, 5) is 2.28. The van der Waals surface area contributed by atoms with Gasteiger partial charge in [-0.25, -0.2) is 0 Å². The fourth-order valence-electron chi connectivity index (χ4n) is 3.38. The Hall–Kier alpha value is -0.0300. The molecule has 1 aromatic carbocycles. The highest BCUT2D eigenvalue weighted by atomic mass is 35.5. The van der Waals surface area contributed by atoms with Crippen molar-refractivity contribution in [2.24, 2.45) is 0 Å². The zero-order valence-electron chi connectivity index (χ0n) is 12.4. The van der Waals surface area contributed by atoms with Gasteiger partial charge in [0, 0.05) is 25.0 Å². The average Bonchev–Trinajstić information content (AvgIpc) is 2.42. The summed E-state index contributed by atoms with van der Waals surface area (Å²) in [5.74, 6) is 0. The van der Waals surface area contributed by atoms with Crippen LogP contribution in [-0.2, 0) is 10.2 Å². The van der Waals surface area contributed by atoms with Crippen molar-refractivity contribution < 1.29 is 9.84 Å². The molecule has 1 N–H and O–H groups in total. The van der Waals surface area contributed by atoms with Crippen molar-refractivity contribution in [2.45, 2.75) is 30.8 Å². The van der Waals surface area contributed by atoms with Gasteiger partial charge in [0.1, 0.15) is 0 Å². The molecule has 1 heterocycles. The van der Waals surface area contributed by atoms with Crippen LogP contribution in [0.25, 0.3) is 0 Å². The maximum absolute atomic E-state index is 10.8. The van der Waals surface area contributed by atoms with E-state index in [9.17, 15) is 5.11 Å². The molecule has 1 atom stereocenters. The summed E-state index contributed by atoms with van der Waals surface area (Å²) in [7, 11) is 0. The van der Waals surface area contributed by atoms with Gasteiger partial charge in [0.05, 0.1) is 29.4 Å². The van der Waals surface area contributed by atoms with Crippen molar-refractivity contribution in [3.05, 3.63) is 33.8 Å². The Balaban J connectivity index is 0.00000176. The predicted octanol–water partition coefficient (Wildman–Crippen LogP) is 3.53. The number of aliphatic hydroxyl groups is 1. The summed E-state index contributed by atoms with van der Waals surface area (Å²) in [5, 5.41) is 12.0. The molecular weight excluding hydrogens is 345 g/mol. The van der Waals surface area contributed by atoms with Crippen LogP contribution in [0.15, 0.2) is 18.2 Å². The van der Waals surface area contributed by atoms with Gasteiger partial charge in [-0.05, 0) is 30.5 Å². The fourth-order valence-corrected chi connectivity index (χ4v) is 3.68. The van der Waals surface area contributed by atoms with E-state index in [4.69, 9.17) is 27.9 Å². The second-order valence-corrected chi connectivity index (χ2v) is 6.88. The predicted molar refractivity (Wildman–Crippen MR) is 92.5 cm³/mol. The van der Waals surface area contributed by atoms with Crippen molar-refractivity contribution in [1.29, 1.82) is 0 Å². The Morgan fingerprint density at radius 1 is 1.18 bits per heavy atom. The van der Waals surface area contributed by atoms with Crippen molar-refractivity contribution in [3.8, 4) is 0 Å². The smallest absolute Gasteiger partial charge is 0.0763 e. The molecule has 0 aromatic heterocycles. The normalized spacial score (nSPS) is 22.5. The summed E-state index contributed by atoms with van der Waals surface area (Å²) in [6, 6.07) is 5.77. The van der Waals surface area contributed by atoms with Crippen molar-refractivity contribution in [2.75, 3.05) is 32.8 Å². The summed E-state index contributed by atoms with van der Waals surface area (Å²) in [6.07, 6.45) is 2.80. The minimum absolute atomic E-state index is 0. The molecule has 1 aromatic rings. The SMILES string of the molecule is Cl.OC(CN1CCOCC1)C1(c2ccc(Cl)c(Cl)c2)CCC1. The number of halogens is 3. The molecule has 22 heavy (non-hydrogen) atoms. The van der Waals surface area contributed by atoms with Crippen LogP contribution in [0, 0.1) is 0 Å². The lowest BCUT2D eigenvalue weighted by atomic mass is 9.61. The third kappa shape index (κ3) is 3.55. The van der Waals surface area contributed by atoms with E-state index < -0.39 is 0 Å².